The number of imidazole rings is 1. The molecule has 184 valence electrons. The van der Waals surface area contributed by atoms with Crippen LogP contribution in [0.2, 0.25) is 5.02 Å². The third kappa shape index (κ3) is 4.96. The van der Waals surface area contributed by atoms with Crippen molar-refractivity contribution in [2.24, 2.45) is 5.73 Å². The van der Waals surface area contributed by atoms with E-state index in [0.717, 1.165) is 47.5 Å². The number of fused-ring (bicyclic) bond motifs is 1. The minimum absolute atomic E-state index is 0.131. The summed E-state index contributed by atoms with van der Waals surface area (Å²) in [5.41, 5.74) is 8.72. The van der Waals surface area contributed by atoms with E-state index in [1.54, 1.807) is 18.5 Å². The molecule has 1 aliphatic heterocycles. The number of carbonyl (C=O) groups is 1. The van der Waals surface area contributed by atoms with Crippen LogP contribution in [-0.2, 0) is 0 Å². The standard InChI is InChI=1S/C26H26BClN4O3S/c1-15(18-4-3-5-21(24(18)28)35-17-8-10-31(2)11-9-17)34-22-13-23(36-25(22)26(29)33)32-14-30-19-12-16(27)6-7-20(19)32/h3-7,12-15,17H,8-11H2,1-2H3,(H2,29,33). The highest BCUT2D eigenvalue weighted by molar-refractivity contribution is 7.16. The fourth-order valence-corrected chi connectivity index (χ4v) is 5.67. The maximum Gasteiger partial charge on any atom is 0.262 e. The summed E-state index contributed by atoms with van der Waals surface area (Å²) < 4.78 is 14.4. The van der Waals surface area contributed by atoms with E-state index in [0.29, 0.717) is 26.9 Å². The Morgan fingerprint density at radius 1 is 1.22 bits per heavy atom. The molecular weight excluding hydrogens is 495 g/mol. The third-order valence-electron chi connectivity index (χ3n) is 6.41. The Balaban J connectivity index is 1.40. The first-order valence-corrected chi connectivity index (χ1v) is 13.0. The maximum absolute atomic E-state index is 12.3. The van der Waals surface area contributed by atoms with Crippen molar-refractivity contribution in [1.29, 1.82) is 0 Å². The van der Waals surface area contributed by atoms with Gasteiger partial charge in [-0.1, -0.05) is 35.3 Å². The van der Waals surface area contributed by atoms with E-state index in [9.17, 15) is 4.79 Å². The number of rotatable bonds is 7. The van der Waals surface area contributed by atoms with Gasteiger partial charge in [0.05, 0.1) is 16.1 Å². The van der Waals surface area contributed by atoms with Crippen molar-refractivity contribution in [3.63, 3.8) is 0 Å². The van der Waals surface area contributed by atoms with Gasteiger partial charge in [0.25, 0.3) is 5.91 Å². The van der Waals surface area contributed by atoms with Crippen molar-refractivity contribution in [3.8, 4) is 16.5 Å². The second-order valence-corrected chi connectivity index (χ2v) is 10.5. The van der Waals surface area contributed by atoms with Gasteiger partial charge in [0.15, 0.2) is 0 Å². The van der Waals surface area contributed by atoms with Crippen LogP contribution in [0, 0.1) is 0 Å². The Morgan fingerprint density at radius 2 is 2.00 bits per heavy atom. The van der Waals surface area contributed by atoms with E-state index >= 15 is 0 Å². The topological polar surface area (TPSA) is 82.6 Å². The molecule has 2 aromatic heterocycles. The molecule has 1 saturated heterocycles. The lowest BCUT2D eigenvalue weighted by Crippen LogP contribution is -2.35. The molecular formula is C26H26BClN4O3S. The molecule has 5 rings (SSSR count). The van der Waals surface area contributed by atoms with Crippen molar-refractivity contribution >= 4 is 53.2 Å². The number of ether oxygens (including phenoxy) is 2. The molecule has 36 heavy (non-hydrogen) atoms. The number of nitrogens with zero attached hydrogens (tertiary/aromatic N) is 3. The SMILES string of the molecule is [B]c1ccc2c(c1)ncn2-c1cc(OC(C)c2cccc(OC3CCN(C)CC3)c2Cl)c(C(N)=O)s1. The van der Waals surface area contributed by atoms with Gasteiger partial charge in [0.2, 0.25) is 0 Å². The van der Waals surface area contributed by atoms with E-state index in [-0.39, 0.29) is 6.10 Å². The number of carbonyl (C=O) groups excluding carboxylic acids is 1. The van der Waals surface area contributed by atoms with Gasteiger partial charge in [-0.2, -0.15) is 0 Å². The predicted molar refractivity (Wildman–Crippen MR) is 144 cm³/mol. The summed E-state index contributed by atoms with van der Waals surface area (Å²) in [7, 11) is 8.00. The molecule has 0 aliphatic carbocycles. The van der Waals surface area contributed by atoms with Crippen molar-refractivity contribution in [2.75, 3.05) is 20.1 Å². The lowest BCUT2D eigenvalue weighted by molar-refractivity contribution is 0.0998. The van der Waals surface area contributed by atoms with Crippen LogP contribution in [0.5, 0.6) is 11.5 Å². The summed E-state index contributed by atoms with van der Waals surface area (Å²) in [6.07, 6.45) is 3.29. The minimum atomic E-state index is -0.562. The molecule has 10 heteroatoms. The number of aromatic nitrogens is 2. The monoisotopic (exact) mass is 520 g/mol. The molecule has 2 radical (unpaired) electrons. The highest BCUT2D eigenvalue weighted by Gasteiger charge is 2.24. The zero-order valence-electron chi connectivity index (χ0n) is 20.1. The van der Waals surface area contributed by atoms with Crippen LogP contribution in [0.15, 0.2) is 48.8 Å². The molecule has 0 spiro atoms. The Labute approximate surface area is 220 Å². The first-order valence-electron chi connectivity index (χ1n) is 11.8. The van der Waals surface area contributed by atoms with Crippen LogP contribution in [0.4, 0.5) is 0 Å². The smallest absolute Gasteiger partial charge is 0.262 e. The van der Waals surface area contributed by atoms with Crippen molar-refractivity contribution in [2.45, 2.75) is 32.0 Å². The lowest BCUT2D eigenvalue weighted by Gasteiger charge is -2.30. The van der Waals surface area contributed by atoms with Gasteiger partial charge in [0, 0.05) is 24.7 Å². The molecule has 2 N–H and O–H groups in total. The van der Waals surface area contributed by atoms with Crippen LogP contribution in [-0.4, -0.2) is 54.4 Å². The number of thiophene rings is 1. The molecule has 4 aromatic rings. The molecule has 0 bridgehead atoms. The van der Waals surface area contributed by atoms with Crippen LogP contribution in [0.1, 0.15) is 41.1 Å². The second kappa shape index (κ2) is 10.2. The highest BCUT2D eigenvalue weighted by atomic mass is 35.5. The maximum atomic E-state index is 12.3. The number of hydrogen-bond donors (Lipinski definition) is 1. The van der Waals surface area contributed by atoms with Crippen LogP contribution < -0.4 is 20.7 Å². The number of halogens is 1. The summed E-state index contributed by atoms with van der Waals surface area (Å²) in [4.78, 5) is 19.3. The van der Waals surface area contributed by atoms with E-state index in [4.69, 9.17) is 34.7 Å². The van der Waals surface area contributed by atoms with Crippen LogP contribution in [0.25, 0.3) is 16.0 Å². The van der Waals surface area contributed by atoms with Gasteiger partial charge < -0.3 is 20.1 Å². The van der Waals surface area contributed by atoms with Crippen molar-refractivity contribution < 1.29 is 14.3 Å². The molecule has 1 unspecified atom stereocenters. The fraction of sp³-hybridized carbons (Fsp3) is 0.308. The number of piperidine rings is 1. The largest absolute Gasteiger partial charge is 0.489 e. The molecule has 1 aliphatic rings. The minimum Gasteiger partial charge on any atom is -0.489 e. The quantitative estimate of drug-likeness (QED) is 0.369. The first kappa shape index (κ1) is 24.7. The zero-order valence-corrected chi connectivity index (χ0v) is 21.7. The number of hydrogen-bond acceptors (Lipinski definition) is 6. The van der Waals surface area contributed by atoms with Gasteiger partial charge >= 0.3 is 0 Å². The van der Waals surface area contributed by atoms with Gasteiger partial charge in [-0.15, -0.1) is 11.3 Å². The molecule has 0 saturated carbocycles. The van der Waals surface area contributed by atoms with Crippen molar-refractivity contribution in [1.82, 2.24) is 14.5 Å². The molecule has 2 aromatic carbocycles. The Bertz CT molecular complexity index is 1410. The lowest BCUT2D eigenvalue weighted by atomic mass is 9.96. The van der Waals surface area contributed by atoms with Crippen LogP contribution >= 0.6 is 22.9 Å². The normalized spacial score (nSPS) is 15.8. The zero-order chi connectivity index (χ0) is 25.4. The van der Waals surface area contributed by atoms with Crippen LogP contribution in [0.3, 0.4) is 0 Å². The number of amides is 1. The molecule has 3 heterocycles. The fourth-order valence-electron chi connectivity index (χ4n) is 4.41. The summed E-state index contributed by atoms with van der Waals surface area (Å²) >= 11 is 8.00. The molecule has 1 atom stereocenters. The van der Waals surface area contributed by atoms with Gasteiger partial charge in [-0.25, -0.2) is 4.98 Å². The summed E-state index contributed by atoms with van der Waals surface area (Å²) in [6, 6.07) is 13.0. The Hall–Kier alpha value is -3.01. The van der Waals surface area contributed by atoms with E-state index < -0.39 is 12.0 Å². The summed E-state index contributed by atoms with van der Waals surface area (Å²) in [5, 5.41) is 1.27. The average molecular weight is 521 g/mol. The molecule has 1 fully saturated rings. The Kier molecular flexibility index (Phi) is 6.97. The number of likely N-dealkylation sites (tertiary alicyclic amines) is 1. The van der Waals surface area contributed by atoms with Crippen molar-refractivity contribution in [3.05, 3.63) is 64.3 Å². The Morgan fingerprint density at radius 3 is 2.75 bits per heavy atom. The molecule has 1 amide bonds. The summed E-state index contributed by atoms with van der Waals surface area (Å²) in [5.74, 6) is 0.474. The van der Waals surface area contributed by atoms with Gasteiger partial charge in [-0.05, 0) is 45.0 Å². The van der Waals surface area contributed by atoms with E-state index in [1.807, 2.05) is 41.8 Å². The molecule has 7 nitrogen and oxygen atoms in total. The average Bonchev–Trinajstić information content (AvgIpc) is 3.45. The van der Waals surface area contributed by atoms with E-state index in [2.05, 4.69) is 16.9 Å². The first-order chi connectivity index (χ1) is 17.3. The summed E-state index contributed by atoms with van der Waals surface area (Å²) in [6.45, 7) is 3.88. The number of primary amides is 1. The highest BCUT2D eigenvalue weighted by Crippen LogP contribution is 2.39. The predicted octanol–water partition coefficient (Wildman–Crippen LogP) is 4.25. The third-order valence-corrected chi connectivity index (χ3v) is 7.95. The van der Waals surface area contributed by atoms with Gasteiger partial charge in [-0.3, -0.25) is 9.36 Å². The van der Waals surface area contributed by atoms with Gasteiger partial charge in [0.1, 0.15) is 47.8 Å². The number of benzene rings is 2. The van der Waals surface area contributed by atoms with E-state index in [1.165, 1.54) is 11.3 Å². The second-order valence-electron chi connectivity index (χ2n) is 9.04. The number of nitrogens with two attached hydrogens (primary N) is 1.